The van der Waals surface area contributed by atoms with Crippen LogP contribution in [0.15, 0.2) is 65.6 Å². The van der Waals surface area contributed by atoms with Crippen LogP contribution >= 0.6 is 23.4 Å². The Hall–Kier alpha value is -2.76. The van der Waals surface area contributed by atoms with Crippen LogP contribution in [-0.4, -0.2) is 22.7 Å². The molecule has 0 aromatic heterocycles. The Morgan fingerprint density at radius 2 is 1.80 bits per heavy atom. The molecule has 1 fully saturated rings. The minimum atomic E-state index is -0.320. The minimum Gasteiger partial charge on any atom is -0.493 e. The molecule has 0 aliphatic carbocycles. The number of fused-ring (bicyclic) bond motifs is 1. The van der Waals surface area contributed by atoms with Crippen LogP contribution in [-0.2, 0) is 11.3 Å². The van der Waals surface area contributed by atoms with E-state index in [1.165, 1.54) is 4.90 Å². The summed E-state index contributed by atoms with van der Waals surface area (Å²) in [5, 5.41) is 2.25. The van der Waals surface area contributed by atoms with Gasteiger partial charge in [-0.25, -0.2) is 0 Å². The van der Waals surface area contributed by atoms with Crippen LogP contribution in [0.5, 0.6) is 5.75 Å². The molecule has 1 aliphatic heterocycles. The summed E-state index contributed by atoms with van der Waals surface area (Å²) in [6, 6.07) is 19.1. The Morgan fingerprint density at radius 1 is 1.03 bits per heavy atom. The minimum absolute atomic E-state index is 0.149. The van der Waals surface area contributed by atoms with Crippen molar-refractivity contribution in [2.75, 3.05) is 6.61 Å². The van der Waals surface area contributed by atoms with E-state index in [9.17, 15) is 9.59 Å². The van der Waals surface area contributed by atoms with Crippen LogP contribution in [0, 0.1) is 0 Å². The van der Waals surface area contributed by atoms with E-state index in [0.29, 0.717) is 22.3 Å². The van der Waals surface area contributed by atoms with E-state index in [1.807, 2.05) is 61.5 Å². The summed E-state index contributed by atoms with van der Waals surface area (Å²) in [6.45, 7) is 2.77. The van der Waals surface area contributed by atoms with Gasteiger partial charge in [-0.1, -0.05) is 67.1 Å². The van der Waals surface area contributed by atoms with Crippen molar-refractivity contribution in [1.29, 1.82) is 0 Å². The quantitative estimate of drug-likeness (QED) is 0.412. The number of rotatable bonds is 6. The van der Waals surface area contributed by atoms with Crippen molar-refractivity contribution in [3.8, 4) is 5.75 Å². The fourth-order valence-corrected chi connectivity index (χ4v) is 4.34. The van der Waals surface area contributed by atoms with Gasteiger partial charge < -0.3 is 4.74 Å². The first-order valence-corrected chi connectivity index (χ1v) is 10.9. The van der Waals surface area contributed by atoms with Crippen LogP contribution in [0.4, 0.5) is 4.79 Å². The molecule has 152 valence electrons. The molecule has 3 aromatic rings. The summed E-state index contributed by atoms with van der Waals surface area (Å²) in [4.78, 5) is 27.2. The van der Waals surface area contributed by atoms with Gasteiger partial charge in [-0.2, -0.15) is 0 Å². The standard InChI is InChI=1S/C24H20ClNO3S/c1-2-13-29-21-12-11-16-7-3-5-9-18(16)19(21)14-22-23(27)26(24(28)30-22)15-17-8-4-6-10-20(17)25/h3-12,14H,2,13,15H2,1H3/b22-14-. The van der Waals surface area contributed by atoms with Crippen molar-refractivity contribution in [3.63, 3.8) is 0 Å². The third-order valence-corrected chi connectivity index (χ3v) is 6.10. The van der Waals surface area contributed by atoms with E-state index in [4.69, 9.17) is 16.3 Å². The Kier molecular flexibility index (Phi) is 6.11. The predicted octanol–water partition coefficient (Wildman–Crippen LogP) is 6.52. The lowest BCUT2D eigenvalue weighted by Crippen LogP contribution is -2.27. The van der Waals surface area contributed by atoms with Crippen molar-refractivity contribution in [2.45, 2.75) is 19.9 Å². The monoisotopic (exact) mass is 437 g/mol. The number of imide groups is 1. The topological polar surface area (TPSA) is 46.6 Å². The molecule has 0 saturated carbocycles. The molecule has 6 heteroatoms. The van der Waals surface area contributed by atoms with Crippen molar-refractivity contribution < 1.29 is 14.3 Å². The molecule has 4 nitrogen and oxygen atoms in total. The van der Waals surface area contributed by atoms with Crippen LogP contribution in [0.2, 0.25) is 5.02 Å². The largest absolute Gasteiger partial charge is 0.493 e. The van der Waals surface area contributed by atoms with Gasteiger partial charge >= 0.3 is 0 Å². The molecule has 0 bridgehead atoms. The zero-order chi connectivity index (χ0) is 21.1. The van der Waals surface area contributed by atoms with Gasteiger partial charge in [0.05, 0.1) is 18.1 Å². The van der Waals surface area contributed by atoms with Crippen LogP contribution in [0.1, 0.15) is 24.5 Å². The first-order chi connectivity index (χ1) is 14.6. The van der Waals surface area contributed by atoms with Gasteiger partial charge in [-0.3, -0.25) is 14.5 Å². The van der Waals surface area contributed by atoms with Gasteiger partial charge in [0.15, 0.2) is 0 Å². The fourth-order valence-electron chi connectivity index (χ4n) is 3.33. The molecule has 3 aromatic carbocycles. The van der Waals surface area contributed by atoms with E-state index >= 15 is 0 Å². The summed E-state index contributed by atoms with van der Waals surface area (Å²) < 4.78 is 5.92. The maximum absolute atomic E-state index is 13.0. The number of hydrogen-bond acceptors (Lipinski definition) is 4. The van der Waals surface area contributed by atoms with Gasteiger partial charge in [0.2, 0.25) is 0 Å². The Morgan fingerprint density at radius 3 is 2.60 bits per heavy atom. The number of carbonyl (C=O) groups is 2. The van der Waals surface area contributed by atoms with Gasteiger partial charge in [-0.15, -0.1) is 0 Å². The predicted molar refractivity (Wildman–Crippen MR) is 123 cm³/mol. The van der Waals surface area contributed by atoms with Crippen molar-refractivity contribution in [3.05, 3.63) is 81.7 Å². The number of hydrogen-bond donors (Lipinski definition) is 0. The summed E-state index contributed by atoms with van der Waals surface area (Å²) in [5.41, 5.74) is 1.55. The number of amides is 2. The maximum atomic E-state index is 13.0. The van der Waals surface area contributed by atoms with E-state index in [0.717, 1.165) is 40.1 Å². The molecule has 2 amide bonds. The molecular weight excluding hydrogens is 418 g/mol. The SMILES string of the molecule is CCCOc1ccc2ccccc2c1/C=C1\SC(=O)N(Cc2ccccc2Cl)C1=O. The highest BCUT2D eigenvalue weighted by Gasteiger charge is 2.35. The number of halogens is 1. The highest BCUT2D eigenvalue weighted by atomic mass is 35.5. The molecule has 4 rings (SSSR count). The number of carbonyl (C=O) groups excluding carboxylic acids is 2. The molecule has 1 heterocycles. The summed E-state index contributed by atoms with van der Waals surface area (Å²) in [7, 11) is 0. The molecule has 0 radical (unpaired) electrons. The molecule has 0 atom stereocenters. The lowest BCUT2D eigenvalue weighted by atomic mass is 10.0. The van der Waals surface area contributed by atoms with Crippen LogP contribution in [0.25, 0.3) is 16.8 Å². The molecule has 1 saturated heterocycles. The second-order valence-electron chi connectivity index (χ2n) is 6.91. The van der Waals surface area contributed by atoms with E-state index in [-0.39, 0.29) is 17.7 Å². The Labute approximate surface area is 184 Å². The molecule has 0 N–H and O–H groups in total. The second-order valence-corrected chi connectivity index (χ2v) is 8.31. The van der Waals surface area contributed by atoms with Crippen molar-refractivity contribution >= 4 is 51.4 Å². The Balaban J connectivity index is 1.71. The summed E-state index contributed by atoms with van der Waals surface area (Å²) in [6.07, 6.45) is 2.64. The Bertz CT molecular complexity index is 1160. The highest BCUT2D eigenvalue weighted by Crippen LogP contribution is 2.37. The normalized spacial score (nSPS) is 15.4. The zero-order valence-corrected chi connectivity index (χ0v) is 18.0. The lowest BCUT2D eigenvalue weighted by Gasteiger charge is -2.14. The number of benzene rings is 3. The fraction of sp³-hybridized carbons (Fsp3) is 0.167. The van der Waals surface area contributed by atoms with Gasteiger partial charge in [-0.05, 0) is 52.7 Å². The number of nitrogens with zero attached hydrogens (tertiary/aromatic N) is 1. The van der Waals surface area contributed by atoms with E-state index in [2.05, 4.69) is 0 Å². The van der Waals surface area contributed by atoms with Crippen molar-refractivity contribution in [1.82, 2.24) is 4.90 Å². The maximum Gasteiger partial charge on any atom is 0.293 e. The average molecular weight is 438 g/mol. The number of ether oxygens (including phenoxy) is 1. The average Bonchev–Trinajstić information content (AvgIpc) is 3.02. The van der Waals surface area contributed by atoms with E-state index < -0.39 is 0 Å². The zero-order valence-electron chi connectivity index (χ0n) is 16.4. The first-order valence-electron chi connectivity index (χ1n) is 9.72. The molecule has 0 unspecified atom stereocenters. The molecular formula is C24H20ClNO3S. The van der Waals surface area contributed by atoms with E-state index in [1.54, 1.807) is 12.1 Å². The lowest BCUT2D eigenvalue weighted by molar-refractivity contribution is -0.123. The van der Waals surface area contributed by atoms with Crippen molar-refractivity contribution in [2.24, 2.45) is 0 Å². The molecule has 0 spiro atoms. The highest BCUT2D eigenvalue weighted by molar-refractivity contribution is 8.18. The van der Waals surface area contributed by atoms with Gasteiger partial charge in [0, 0.05) is 10.6 Å². The first kappa shape index (κ1) is 20.5. The van der Waals surface area contributed by atoms with Crippen LogP contribution in [0.3, 0.4) is 0 Å². The van der Waals surface area contributed by atoms with Crippen LogP contribution < -0.4 is 4.74 Å². The number of thioether (sulfide) groups is 1. The van der Waals surface area contributed by atoms with Gasteiger partial charge in [0.1, 0.15) is 5.75 Å². The third kappa shape index (κ3) is 4.09. The summed E-state index contributed by atoms with van der Waals surface area (Å²) in [5.74, 6) is 0.382. The summed E-state index contributed by atoms with van der Waals surface area (Å²) >= 11 is 7.15. The third-order valence-electron chi connectivity index (χ3n) is 4.83. The smallest absolute Gasteiger partial charge is 0.293 e. The second kappa shape index (κ2) is 8.94. The molecule has 30 heavy (non-hydrogen) atoms. The molecule has 1 aliphatic rings. The van der Waals surface area contributed by atoms with Gasteiger partial charge in [0.25, 0.3) is 11.1 Å².